The number of nitrogens with one attached hydrogen (secondary N) is 6. The number of allylic oxidation sites excluding steroid dienone is 2. The first-order chi connectivity index (χ1) is 32.0. The van der Waals surface area contributed by atoms with E-state index in [-0.39, 0.29) is 83.1 Å². The first kappa shape index (κ1) is 42.2. The fourth-order valence-corrected chi connectivity index (χ4v) is 8.38. The summed E-state index contributed by atoms with van der Waals surface area (Å²) in [6.45, 7) is 17.6. The van der Waals surface area contributed by atoms with Crippen LogP contribution in [0.1, 0.15) is 83.8 Å². The van der Waals surface area contributed by atoms with Crippen LogP contribution < -0.4 is 21.3 Å². The number of hydrogen-bond donors (Lipinski definition) is 6. The molecule has 0 unspecified atom stereocenters. The van der Waals surface area contributed by atoms with Crippen LogP contribution in [0, 0.1) is 11.6 Å². The van der Waals surface area contributed by atoms with Crippen molar-refractivity contribution in [3.05, 3.63) is 83.8 Å². The van der Waals surface area contributed by atoms with Gasteiger partial charge in [-0.15, -0.1) is 0 Å². The number of halogens is 2. The number of carbonyl (C=O) groups is 4. The summed E-state index contributed by atoms with van der Waals surface area (Å²) >= 11 is 0. The highest BCUT2D eigenvalue weighted by molar-refractivity contribution is 5.97. The van der Waals surface area contributed by atoms with Gasteiger partial charge in [0.05, 0.1) is 48.1 Å². The van der Waals surface area contributed by atoms with E-state index in [2.05, 4.69) is 44.4 Å². The normalized spacial score (nSPS) is 21.9. The van der Waals surface area contributed by atoms with Gasteiger partial charge in [0.1, 0.15) is 35.9 Å². The summed E-state index contributed by atoms with van der Waals surface area (Å²) in [6, 6.07) is 1.60. The standard InChI is InChI=1S/C48H64F2N8O6/c1-11-39(55-45(59)27(7)51-9)47(61)57-23-33(63-25(3)4)19-31(57)21-37-35-15-13-29(49)17-41(35)53-43(37)44-38(36-16-14-30(50)18-42(36)54-44)22-32-20-34(64-26(5)6)24-58(32)48(62)40(12-2)56-46(60)28(8)52-10/h13-18,27-28,31-34,39-40,51-54H,3,5,11-12,19-24H2,1-2,4,6-10H3,(H,55,59)(H,56,60)/t27-,28-,31-,32-,33-,34-,39-,40-/m0/s1/i21D2,22D2. The Morgan fingerprint density at radius 3 is 1.44 bits per heavy atom. The van der Waals surface area contributed by atoms with E-state index in [0.717, 1.165) is 0 Å². The Kier molecular flexibility index (Phi) is 13.5. The van der Waals surface area contributed by atoms with Gasteiger partial charge in [-0.1, -0.05) is 27.0 Å². The van der Waals surface area contributed by atoms with Crippen molar-refractivity contribution in [1.82, 2.24) is 41.0 Å². The van der Waals surface area contributed by atoms with Crippen LogP contribution in [0.4, 0.5) is 8.78 Å². The van der Waals surface area contributed by atoms with Crippen LogP contribution in [0.15, 0.2) is 61.1 Å². The van der Waals surface area contributed by atoms with Gasteiger partial charge in [-0.05, 0) is 115 Å². The van der Waals surface area contributed by atoms with Crippen LogP contribution >= 0.6 is 0 Å². The Labute approximate surface area is 379 Å². The van der Waals surface area contributed by atoms with Crippen molar-refractivity contribution in [3.8, 4) is 11.4 Å². The number of benzene rings is 2. The molecule has 14 nitrogen and oxygen atoms in total. The SMILES string of the molecule is [2H]C([2H])(c1c(-c2[nH]c3cc(F)ccc3c2C([2H])([2H])[C@@H]2C[C@H](OC(=C)C)CN2C(=O)[C@H](CC)NC(=O)[C@H](C)NC)[nH]c2cc(F)ccc12)[C@@H]1C[C@H](OC(=C)C)CN1C(=O)[C@H](CC)NC(=O)[C@H](C)NC. The predicted octanol–water partition coefficient (Wildman–Crippen LogP) is 5.72. The van der Waals surface area contributed by atoms with Gasteiger partial charge in [-0.25, -0.2) is 8.78 Å². The van der Waals surface area contributed by atoms with Gasteiger partial charge in [0.15, 0.2) is 0 Å². The van der Waals surface area contributed by atoms with E-state index in [1.54, 1.807) is 55.6 Å². The molecular formula is C48H64F2N8O6. The first-order valence-electron chi connectivity index (χ1n) is 23.8. The lowest BCUT2D eigenvalue weighted by molar-refractivity contribution is -0.138. The third-order valence-electron chi connectivity index (χ3n) is 11.9. The van der Waals surface area contributed by atoms with E-state index in [1.165, 1.54) is 46.2 Å². The van der Waals surface area contributed by atoms with Crippen molar-refractivity contribution >= 4 is 45.4 Å². The lowest BCUT2D eigenvalue weighted by Crippen LogP contribution is -2.53. The van der Waals surface area contributed by atoms with Crippen LogP contribution in [0.5, 0.6) is 0 Å². The first-order valence-corrected chi connectivity index (χ1v) is 21.8. The van der Waals surface area contributed by atoms with E-state index in [0.29, 0.717) is 11.5 Å². The number of amides is 4. The number of carbonyl (C=O) groups excluding carboxylic acids is 4. The van der Waals surface area contributed by atoms with Crippen molar-refractivity contribution < 1.29 is 42.9 Å². The van der Waals surface area contributed by atoms with Crippen molar-refractivity contribution in [2.75, 3.05) is 27.2 Å². The molecule has 64 heavy (non-hydrogen) atoms. The molecule has 4 aromatic rings. The molecule has 0 bridgehead atoms. The number of likely N-dealkylation sites (N-methyl/N-ethyl adjacent to an activating group) is 2. The van der Waals surface area contributed by atoms with Crippen molar-refractivity contribution in [2.24, 2.45) is 0 Å². The summed E-state index contributed by atoms with van der Waals surface area (Å²) < 4.78 is 83.0. The lowest BCUT2D eigenvalue weighted by Gasteiger charge is -2.30. The second kappa shape index (κ2) is 20.4. The Hall–Kier alpha value is -5.74. The largest absolute Gasteiger partial charge is 0.494 e. The van der Waals surface area contributed by atoms with E-state index in [4.69, 9.17) is 9.47 Å². The smallest absolute Gasteiger partial charge is 0.245 e. The van der Waals surface area contributed by atoms with Crippen molar-refractivity contribution in [2.45, 2.75) is 128 Å². The van der Waals surface area contributed by atoms with Crippen molar-refractivity contribution in [3.63, 3.8) is 0 Å². The zero-order chi connectivity index (χ0) is 50.2. The van der Waals surface area contributed by atoms with Crippen LogP contribution in [-0.2, 0) is 41.4 Å². The predicted molar refractivity (Wildman–Crippen MR) is 244 cm³/mol. The van der Waals surface area contributed by atoms with E-state index >= 15 is 8.78 Å². The molecule has 6 rings (SSSR count). The van der Waals surface area contributed by atoms with Crippen LogP contribution in [0.3, 0.4) is 0 Å². The fraction of sp³-hybridized carbons (Fsp3) is 0.500. The number of nitrogens with zero attached hydrogens (tertiary/aromatic N) is 2. The van der Waals surface area contributed by atoms with Crippen LogP contribution in [-0.4, -0.2) is 119 Å². The van der Waals surface area contributed by atoms with Crippen molar-refractivity contribution in [1.29, 1.82) is 0 Å². The van der Waals surface area contributed by atoms with Crippen LogP contribution in [0.25, 0.3) is 33.2 Å². The summed E-state index contributed by atoms with van der Waals surface area (Å²) in [5, 5.41) is 11.7. The van der Waals surface area contributed by atoms with Gasteiger partial charge in [0.2, 0.25) is 23.6 Å². The summed E-state index contributed by atoms with van der Waals surface area (Å²) in [7, 11) is 3.22. The number of rotatable bonds is 19. The number of ether oxygens (including phenoxy) is 2. The molecule has 346 valence electrons. The number of hydrogen-bond acceptors (Lipinski definition) is 8. The highest BCUT2D eigenvalue weighted by atomic mass is 19.1. The highest BCUT2D eigenvalue weighted by Crippen LogP contribution is 2.40. The van der Waals surface area contributed by atoms with Crippen LogP contribution in [0.2, 0.25) is 0 Å². The average molecular weight is 891 g/mol. The van der Waals surface area contributed by atoms with Gasteiger partial charge < -0.3 is 50.5 Å². The minimum absolute atomic E-state index is 0.0173. The van der Waals surface area contributed by atoms with E-state index in [9.17, 15) is 24.7 Å². The molecule has 2 aromatic carbocycles. The van der Waals surface area contributed by atoms with E-state index in [1.807, 2.05) is 0 Å². The summed E-state index contributed by atoms with van der Waals surface area (Å²) in [5.74, 6) is -2.61. The summed E-state index contributed by atoms with van der Waals surface area (Å²) in [6.07, 6.45) is -6.21. The third kappa shape index (κ3) is 10.4. The lowest BCUT2D eigenvalue weighted by atomic mass is 9.94. The molecule has 2 fully saturated rings. The molecule has 0 radical (unpaired) electrons. The molecule has 0 saturated carbocycles. The Morgan fingerprint density at radius 1 is 0.734 bits per heavy atom. The molecule has 2 aromatic heterocycles. The zero-order valence-electron chi connectivity index (χ0n) is 41.8. The number of fused-ring (bicyclic) bond motifs is 2. The molecule has 2 saturated heterocycles. The minimum atomic E-state index is -2.53. The Bertz CT molecular complexity index is 2410. The maximum absolute atomic E-state index is 15.2. The molecule has 2 aliphatic rings. The second-order valence-electron chi connectivity index (χ2n) is 16.7. The monoisotopic (exact) mass is 891 g/mol. The number of H-pyrrole nitrogens is 2. The molecule has 0 spiro atoms. The Balaban J connectivity index is 1.56. The van der Waals surface area contributed by atoms with E-state index < -0.39 is 96.5 Å². The molecule has 4 heterocycles. The quantitative estimate of drug-likeness (QED) is 0.0649. The molecule has 4 amide bonds. The minimum Gasteiger partial charge on any atom is -0.494 e. The van der Waals surface area contributed by atoms with Gasteiger partial charge in [0.25, 0.3) is 0 Å². The summed E-state index contributed by atoms with van der Waals surface area (Å²) in [4.78, 5) is 64.4. The van der Waals surface area contributed by atoms with Gasteiger partial charge in [-0.2, -0.15) is 0 Å². The Morgan fingerprint density at radius 2 is 1.11 bits per heavy atom. The van der Waals surface area contributed by atoms with Gasteiger partial charge in [0, 0.05) is 52.2 Å². The third-order valence-corrected chi connectivity index (χ3v) is 11.9. The molecular weight excluding hydrogens is 823 g/mol. The second-order valence-corrected chi connectivity index (χ2v) is 16.7. The zero-order valence-corrected chi connectivity index (χ0v) is 37.8. The number of likely N-dealkylation sites (tertiary alicyclic amines) is 2. The average Bonchev–Trinajstić information content (AvgIpc) is 4.08. The molecule has 2 aliphatic heterocycles. The summed E-state index contributed by atoms with van der Waals surface area (Å²) in [5.41, 5.74) is 0.126. The highest BCUT2D eigenvalue weighted by Gasteiger charge is 2.42. The molecule has 16 heteroatoms. The molecule has 6 N–H and O–H groups in total. The number of aromatic amines is 2. The molecule has 8 atom stereocenters. The maximum Gasteiger partial charge on any atom is 0.245 e. The molecule has 0 aliphatic carbocycles. The van der Waals surface area contributed by atoms with Gasteiger partial charge in [-0.3, -0.25) is 19.2 Å². The number of aromatic nitrogens is 2. The van der Waals surface area contributed by atoms with Gasteiger partial charge >= 0.3 is 0 Å². The maximum atomic E-state index is 15.2. The fourth-order valence-electron chi connectivity index (χ4n) is 8.38. The topological polar surface area (TPSA) is 173 Å².